The molecule has 4 fully saturated rings. The quantitative estimate of drug-likeness (QED) is 0.545. The van der Waals surface area contributed by atoms with Gasteiger partial charge in [-0.3, -0.25) is 9.48 Å². The van der Waals surface area contributed by atoms with Crippen molar-refractivity contribution in [3.63, 3.8) is 0 Å². The summed E-state index contributed by atoms with van der Waals surface area (Å²) in [6, 6.07) is 7.01. The molecule has 6 rings (SSSR count). The zero-order chi connectivity index (χ0) is 20.4. The van der Waals surface area contributed by atoms with Gasteiger partial charge in [-0.1, -0.05) is 32.0 Å². The number of rotatable bonds is 5. The molecular weight excluding hydrogens is 384 g/mol. The summed E-state index contributed by atoms with van der Waals surface area (Å²) in [7, 11) is -4.47. The minimum Gasteiger partial charge on any atom is -0.744 e. The van der Waals surface area contributed by atoms with Crippen LogP contribution >= 0.6 is 0 Å². The normalized spacial score (nSPS) is 36.1. The summed E-state index contributed by atoms with van der Waals surface area (Å²) in [5.41, 5.74) is 0.914. The summed E-state index contributed by atoms with van der Waals surface area (Å²) in [5.74, 6) is 3.15. The van der Waals surface area contributed by atoms with Gasteiger partial charge in [0, 0.05) is 5.56 Å². The molecule has 0 unspecified atom stereocenters. The van der Waals surface area contributed by atoms with Crippen LogP contribution in [-0.4, -0.2) is 46.9 Å². The third-order valence-corrected chi connectivity index (χ3v) is 9.01. The van der Waals surface area contributed by atoms with Crippen molar-refractivity contribution in [2.75, 3.05) is 6.54 Å². The van der Waals surface area contributed by atoms with E-state index in [2.05, 4.69) is 29.7 Å². The SMILES string of the molecule is CC(C)[C@H]1CN(C23CC4CC(CC(C4)C2)C3)C=[N+]1Cc1ccccc1S(=O)(=O)[O-]. The van der Waals surface area contributed by atoms with Gasteiger partial charge in [0.05, 0.1) is 4.90 Å². The molecule has 0 saturated heterocycles. The van der Waals surface area contributed by atoms with Crippen LogP contribution in [0.25, 0.3) is 0 Å². The largest absolute Gasteiger partial charge is 0.744 e. The third-order valence-electron chi connectivity index (χ3n) is 8.08. The fraction of sp³-hybridized carbons (Fsp3) is 0.696. The molecule has 1 aromatic rings. The van der Waals surface area contributed by atoms with Gasteiger partial charge in [-0.25, -0.2) is 8.42 Å². The van der Waals surface area contributed by atoms with E-state index in [1.54, 1.807) is 12.1 Å². The molecule has 0 aromatic heterocycles. The van der Waals surface area contributed by atoms with Gasteiger partial charge < -0.3 is 4.55 Å². The highest BCUT2D eigenvalue weighted by molar-refractivity contribution is 7.85. The smallest absolute Gasteiger partial charge is 0.235 e. The van der Waals surface area contributed by atoms with Crippen LogP contribution in [0.3, 0.4) is 0 Å². The second-order valence-electron chi connectivity index (χ2n) is 10.5. The van der Waals surface area contributed by atoms with Crippen LogP contribution < -0.4 is 0 Å². The van der Waals surface area contributed by atoms with Gasteiger partial charge in [0.25, 0.3) is 0 Å². The molecule has 29 heavy (non-hydrogen) atoms. The van der Waals surface area contributed by atoms with E-state index in [9.17, 15) is 13.0 Å². The van der Waals surface area contributed by atoms with Gasteiger partial charge in [-0.15, -0.1) is 0 Å². The molecule has 4 aliphatic carbocycles. The lowest BCUT2D eigenvalue weighted by atomic mass is 9.52. The highest BCUT2D eigenvalue weighted by Gasteiger charge is 2.58. The van der Waals surface area contributed by atoms with E-state index >= 15 is 0 Å². The Bertz CT molecular complexity index is 902. The maximum Gasteiger partial charge on any atom is 0.235 e. The number of benzene rings is 1. The molecule has 0 amide bonds. The van der Waals surface area contributed by atoms with Crippen molar-refractivity contribution in [3.05, 3.63) is 29.8 Å². The topological polar surface area (TPSA) is 63.5 Å². The van der Waals surface area contributed by atoms with Gasteiger partial charge in [0.1, 0.15) is 34.8 Å². The van der Waals surface area contributed by atoms with Crippen LogP contribution in [-0.2, 0) is 16.7 Å². The van der Waals surface area contributed by atoms with E-state index in [4.69, 9.17) is 0 Å². The fourth-order valence-electron chi connectivity index (χ4n) is 7.18. The minimum atomic E-state index is -4.47. The molecule has 1 atom stereocenters. The Labute approximate surface area is 174 Å². The molecule has 1 aromatic carbocycles. The van der Waals surface area contributed by atoms with Crippen molar-refractivity contribution in [1.29, 1.82) is 0 Å². The molecule has 1 aliphatic heterocycles. The Morgan fingerprint density at radius 3 is 2.24 bits per heavy atom. The highest BCUT2D eigenvalue weighted by atomic mass is 32.2. The van der Waals surface area contributed by atoms with Gasteiger partial charge in [0.2, 0.25) is 6.34 Å². The lowest BCUT2D eigenvalue weighted by molar-refractivity contribution is -0.574. The highest BCUT2D eigenvalue weighted by Crippen LogP contribution is 2.58. The lowest BCUT2D eigenvalue weighted by Crippen LogP contribution is -2.59. The molecule has 158 valence electrons. The molecule has 5 aliphatic rings. The van der Waals surface area contributed by atoms with Gasteiger partial charge in [-0.05, 0) is 68.3 Å². The average Bonchev–Trinajstić information content (AvgIpc) is 3.05. The van der Waals surface area contributed by atoms with Crippen LogP contribution in [0.5, 0.6) is 0 Å². The first-order valence-corrected chi connectivity index (χ1v) is 12.6. The fourth-order valence-corrected chi connectivity index (χ4v) is 7.88. The second kappa shape index (κ2) is 6.81. The van der Waals surface area contributed by atoms with Crippen molar-refractivity contribution in [2.24, 2.45) is 23.7 Å². The van der Waals surface area contributed by atoms with Crippen LogP contribution in [0.4, 0.5) is 0 Å². The Kier molecular flexibility index (Phi) is 4.59. The summed E-state index contributed by atoms with van der Waals surface area (Å²) >= 11 is 0. The predicted molar refractivity (Wildman–Crippen MR) is 111 cm³/mol. The summed E-state index contributed by atoms with van der Waals surface area (Å²) in [4.78, 5) is 2.54. The summed E-state index contributed by atoms with van der Waals surface area (Å²) in [5, 5.41) is 0. The van der Waals surface area contributed by atoms with Crippen LogP contribution in [0, 0.1) is 23.7 Å². The van der Waals surface area contributed by atoms with E-state index in [1.807, 2.05) is 6.07 Å². The predicted octanol–water partition coefficient (Wildman–Crippen LogP) is 3.44. The Hall–Kier alpha value is -1.40. The summed E-state index contributed by atoms with van der Waals surface area (Å²) in [6.45, 7) is 5.97. The van der Waals surface area contributed by atoms with E-state index in [0.29, 0.717) is 29.6 Å². The molecule has 0 spiro atoms. The van der Waals surface area contributed by atoms with E-state index in [0.717, 1.165) is 24.3 Å². The summed E-state index contributed by atoms with van der Waals surface area (Å²) < 4.78 is 37.5. The second-order valence-corrected chi connectivity index (χ2v) is 11.8. The van der Waals surface area contributed by atoms with Crippen LogP contribution in [0.1, 0.15) is 57.9 Å². The minimum absolute atomic E-state index is 0.0795. The maximum absolute atomic E-state index is 11.7. The molecule has 0 radical (unpaired) electrons. The monoisotopic (exact) mass is 416 g/mol. The van der Waals surface area contributed by atoms with Gasteiger partial charge >= 0.3 is 0 Å². The van der Waals surface area contributed by atoms with Crippen LogP contribution in [0.15, 0.2) is 29.2 Å². The summed E-state index contributed by atoms with van der Waals surface area (Å²) in [6.07, 6.45) is 10.5. The number of hydrogen-bond donors (Lipinski definition) is 0. The Morgan fingerprint density at radius 1 is 1.10 bits per heavy atom. The molecular formula is C23H32N2O3S. The van der Waals surface area contributed by atoms with Crippen molar-refractivity contribution in [1.82, 2.24) is 4.90 Å². The van der Waals surface area contributed by atoms with E-state index < -0.39 is 10.1 Å². The lowest BCUT2D eigenvalue weighted by Gasteiger charge is -2.56. The number of nitrogens with zero attached hydrogens (tertiary/aromatic N) is 2. The third kappa shape index (κ3) is 3.42. The maximum atomic E-state index is 11.7. The molecule has 5 nitrogen and oxygen atoms in total. The van der Waals surface area contributed by atoms with Crippen LogP contribution in [0.2, 0.25) is 0 Å². The Balaban J connectivity index is 1.46. The molecule has 1 heterocycles. The molecule has 4 bridgehead atoms. The van der Waals surface area contributed by atoms with Crippen molar-refractivity contribution >= 4 is 16.5 Å². The first-order chi connectivity index (χ1) is 13.7. The molecule has 6 heteroatoms. The van der Waals surface area contributed by atoms with Gasteiger partial charge in [0.15, 0.2) is 0 Å². The van der Waals surface area contributed by atoms with E-state index in [1.165, 1.54) is 44.6 Å². The Morgan fingerprint density at radius 2 is 1.69 bits per heavy atom. The van der Waals surface area contributed by atoms with Crippen molar-refractivity contribution in [2.45, 2.75) is 75.4 Å². The molecule has 0 N–H and O–H groups in total. The van der Waals surface area contributed by atoms with Gasteiger partial charge in [-0.2, -0.15) is 0 Å². The average molecular weight is 417 g/mol. The zero-order valence-electron chi connectivity index (χ0n) is 17.5. The standard InChI is InChI=1S/C23H32N2O3S/c1-16(2)21-14-25(23-10-17-7-18(11-23)9-19(8-17)12-23)15-24(21)13-20-5-3-4-6-22(20)29(26,27)28/h3-6,15-19,21H,7-14H2,1-2H3/t17?,18?,19?,21-,23?/m1/s1. The first kappa shape index (κ1) is 19.6. The molecule has 4 saturated carbocycles. The zero-order valence-corrected chi connectivity index (χ0v) is 18.3. The first-order valence-electron chi connectivity index (χ1n) is 11.1. The number of hydrogen-bond acceptors (Lipinski definition) is 4. The van der Waals surface area contributed by atoms with Crippen molar-refractivity contribution < 1.29 is 17.5 Å². The van der Waals surface area contributed by atoms with E-state index in [-0.39, 0.29) is 4.90 Å². The van der Waals surface area contributed by atoms with Crippen molar-refractivity contribution in [3.8, 4) is 0 Å².